The van der Waals surface area contributed by atoms with Crippen LogP contribution in [0.3, 0.4) is 0 Å². The molecule has 1 aromatic rings. The van der Waals surface area contributed by atoms with Gasteiger partial charge in [0.05, 0.1) is 0 Å². The Kier molecular flexibility index (Phi) is 5.72. The van der Waals surface area contributed by atoms with Crippen molar-refractivity contribution in [2.75, 3.05) is 26.2 Å². The Morgan fingerprint density at radius 3 is 2.73 bits per heavy atom. The van der Waals surface area contributed by atoms with Gasteiger partial charge in [-0.2, -0.15) is 0 Å². The number of thiazole rings is 1. The molecule has 0 spiro atoms. The lowest BCUT2D eigenvalue weighted by atomic mass is 9.81. The van der Waals surface area contributed by atoms with Gasteiger partial charge in [0.15, 0.2) is 7.28 Å². The second-order valence-electron chi connectivity index (χ2n) is 3.19. The molecule has 1 rings (SSSR count). The lowest BCUT2D eigenvalue weighted by molar-refractivity contribution is 0.222. The molecule has 0 aliphatic rings. The quantitative estimate of drug-likeness (QED) is 0.653. The first kappa shape index (κ1) is 12.5. The average molecular weight is 225 g/mol. The highest BCUT2D eigenvalue weighted by atomic mass is 32.1. The summed E-state index contributed by atoms with van der Waals surface area (Å²) >= 11 is 1.59. The van der Waals surface area contributed by atoms with Crippen LogP contribution in [0.25, 0.3) is 0 Å². The van der Waals surface area contributed by atoms with Crippen LogP contribution in [-0.2, 0) is 0 Å². The predicted octanol–water partition coefficient (Wildman–Crippen LogP) is 1.24. The molecule has 1 radical (unpaired) electrons. The van der Waals surface area contributed by atoms with E-state index in [2.05, 4.69) is 23.7 Å². The Bertz CT molecular complexity index is 276. The summed E-state index contributed by atoms with van der Waals surface area (Å²) in [5, 5.41) is 0.773. The maximum absolute atomic E-state index is 5.57. The molecule has 0 saturated heterocycles. The highest BCUT2D eigenvalue weighted by molar-refractivity contribution is 7.22. The second-order valence-corrected chi connectivity index (χ2v) is 4.22. The molecule has 5 heteroatoms. The number of hydrogen-bond donors (Lipinski definition) is 0. The minimum Gasteiger partial charge on any atom is -0.469 e. The maximum atomic E-state index is 5.57. The third-order valence-electron chi connectivity index (χ3n) is 2.31. The Labute approximate surface area is 96.7 Å². The topological polar surface area (TPSA) is 25.4 Å². The van der Waals surface area contributed by atoms with Crippen LogP contribution in [-0.4, -0.2) is 43.4 Å². The van der Waals surface area contributed by atoms with E-state index >= 15 is 0 Å². The van der Waals surface area contributed by atoms with Gasteiger partial charge >= 0.3 is 0 Å². The van der Waals surface area contributed by atoms with Gasteiger partial charge in [-0.05, 0) is 17.9 Å². The van der Waals surface area contributed by atoms with Gasteiger partial charge in [-0.3, -0.25) is 0 Å². The minimum absolute atomic E-state index is 0.721. The molecule has 1 heterocycles. The number of nitrogens with zero attached hydrogens (tertiary/aromatic N) is 2. The lowest BCUT2D eigenvalue weighted by Gasteiger charge is -2.17. The van der Waals surface area contributed by atoms with Gasteiger partial charge in [0.25, 0.3) is 5.19 Å². The predicted molar refractivity (Wildman–Crippen MR) is 66.6 cm³/mol. The third kappa shape index (κ3) is 4.22. The Hall–Kier alpha value is -0.545. The number of rotatable bonds is 7. The second kappa shape index (κ2) is 6.85. The van der Waals surface area contributed by atoms with Gasteiger partial charge in [-0.25, -0.2) is 4.98 Å². The zero-order chi connectivity index (χ0) is 11.1. The Morgan fingerprint density at radius 2 is 2.20 bits per heavy atom. The van der Waals surface area contributed by atoms with Crippen molar-refractivity contribution in [3.8, 4) is 5.19 Å². The first-order chi connectivity index (χ1) is 7.30. The van der Waals surface area contributed by atoms with Crippen LogP contribution < -0.4 is 9.51 Å². The van der Waals surface area contributed by atoms with Crippen LogP contribution in [0.15, 0.2) is 6.20 Å². The molecule has 83 valence electrons. The van der Waals surface area contributed by atoms with Gasteiger partial charge in [0.2, 0.25) is 0 Å². The van der Waals surface area contributed by atoms with Crippen LogP contribution in [0.5, 0.6) is 5.19 Å². The molecular formula is C10H18BN2OS. The first-order valence-electron chi connectivity index (χ1n) is 5.40. The molecule has 0 aliphatic carbocycles. The van der Waals surface area contributed by atoms with E-state index in [4.69, 9.17) is 4.74 Å². The molecule has 3 nitrogen and oxygen atoms in total. The van der Waals surface area contributed by atoms with Crippen LogP contribution in [0, 0.1) is 0 Å². The van der Waals surface area contributed by atoms with Gasteiger partial charge in [0.1, 0.15) is 6.61 Å². The highest BCUT2D eigenvalue weighted by Gasteiger charge is 2.03. The monoisotopic (exact) mass is 225 g/mol. The fourth-order valence-electron chi connectivity index (χ4n) is 1.27. The lowest BCUT2D eigenvalue weighted by Crippen LogP contribution is -2.27. The number of likely N-dealkylation sites (N-methyl/N-ethyl adjacent to an activating group) is 1. The Morgan fingerprint density at radius 1 is 1.47 bits per heavy atom. The van der Waals surface area contributed by atoms with Crippen molar-refractivity contribution in [1.29, 1.82) is 0 Å². The average Bonchev–Trinajstić information content (AvgIpc) is 2.72. The molecule has 0 bridgehead atoms. The molecule has 0 atom stereocenters. The van der Waals surface area contributed by atoms with E-state index < -0.39 is 0 Å². The fourth-order valence-corrected chi connectivity index (χ4v) is 1.94. The van der Waals surface area contributed by atoms with E-state index in [-0.39, 0.29) is 0 Å². The largest absolute Gasteiger partial charge is 0.469 e. The third-order valence-corrected chi connectivity index (χ3v) is 3.29. The Balaban J connectivity index is 2.25. The van der Waals surface area contributed by atoms with Crippen molar-refractivity contribution < 1.29 is 4.74 Å². The molecule has 1 aromatic heterocycles. The number of ether oxygens (including phenoxy) is 1. The molecule has 0 fully saturated rings. The van der Waals surface area contributed by atoms with Crippen LogP contribution >= 0.6 is 11.3 Å². The van der Waals surface area contributed by atoms with Crippen LogP contribution in [0.2, 0.25) is 6.82 Å². The summed E-state index contributed by atoms with van der Waals surface area (Å²) in [7, 11) is 2.04. The van der Waals surface area contributed by atoms with E-state index in [1.807, 2.05) is 20.3 Å². The van der Waals surface area contributed by atoms with Gasteiger partial charge < -0.3 is 9.64 Å². The molecule has 0 saturated carbocycles. The summed E-state index contributed by atoms with van der Waals surface area (Å²) in [6.07, 6.45) is 1.84. The summed E-state index contributed by atoms with van der Waals surface area (Å²) in [5.74, 6) is 0. The van der Waals surface area contributed by atoms with Crippen molar-refractivity contribution in [3.63, 3.8) is 0 Å². The van der Waals surface area contributed by atoms with Crippen LogP contribution in [0.1, 0.15) is 13.8 Å². The van der Waals surface area contributed by atoms with Crippen molar-refractivity contribution in [2.24, 2.45) is 0 Å². The highest BCUT2D eigenvalue weighted by Crippen LogP contribution is 2.11. The van der Waals surface area contributed by atoms with Crippen LogP contribution in [0.4, 0.5) is 0 Å². The summed E-state index contributed by atoms with van der Waals surface area (Å²) < 4.78 is 6.73. The molecular weight excluding hydrogens is 207 g/mol. The van der Waals surface area contributed by atoms with Gasteiger partial charge in [-0.15, -0.1) is 0 Å². The molecule has 0 amide bonds. The SMILES string of the molecule is C[B]c1cnc(OCCN(CC)CC)s1. The van der Waals surface area contributed by atoms with E-state index in [1.165, 1.54) is 0 Å². The van der Waals surface area contributed by atoms with Gasteiger partial charge in [-0.1, -0.05) is 32.0 Å². The fraction of sp³-hybridized carbons (Fsp3) is 0.700. The van der Waals surface area contributed by atoms with Crippen molar-refractivity contribution in [1.82, 2.24) is 9.88 Å². The van der Waals surface area contributed by atoms with Crippen molar-refractivity contribution in [2.45, 2.75) is 20.7 Å². The smallest absolute Gasteiger partial charge is 0.272 e. The maximum Gasteiger partial charge on any atom is 0.272 e. The summed E-state index contributed by atoms with van der Waals surface area (Å²) in [6.45, 7) is 10.2. The summed E-state index contributed by atoms with van der Waals surface area (Å²) in [5.41, 5.74) is 0. The zero-order valence-corrected chi connectivity index (χ0v) is 10.5. The zero-order valence-electron chi connectivity index (χ0n) is 9.69. The normalized spacial score (nSPS) is 10.7. The van der Waals surface area contributed by atoms with E-state index in [0.29, 0.717) is 0 Å². The van der Waals surface area contributed by atoms with Crippen molar-refractivity contribution >= 4 is 23.4 Å². The number of aromatic nitrogens is 1. The summed E-state index contributed by atoms with van der Waals surface area (Å²) in [4.78, 5) is 6.52. The first-order valence-corrected chi connectivity index (χ1v) is 6.22. The summed E-state index contributed by atoms with van der Waals surface area (Å²) in [6, 6.07) is 0. The minimum atomic E-state index is 0.721. The molecule has 0 aliphatic heterocycles. The van der Waals surface area contributed by atoms with Crippen molar-refractivity contribution in [3.05, 3.63) is 6.20 Å². The standard InChI is InChI=1S/C10H18BN2OS/c1-4-13(5-2)6-7-14-10-12-8-9(11-3)15-10/h8H,4-7H2,1-3H3. The molecule has 0 aromatic carbocycles. The molecule has 15 heavy (non-hydrogen) atoms. The van der Waals surface area contributed by atoms with E-state index in [1.54, 1.807) is 11.3 Å². The van der Waals surface area contributed by atoms with Gasteiger partial charge in [0, 0.05) is 12.7 Å². The van der Waals surface area contributed by atoms with E-state index in [9.17, 15) is 0 Å². The number of hydrogen-bond acceptors (Lipinski definition) is 4. The molecule has 0 unspecified atom stereocenters. The van der Waals surface area contributed by atoms with E-state index in [0.717, 1.165) is 36.2 Å². The molecule has 0 N–H and O–H groups in total.